The number of nitrogens with one attached hydrogen (secondary N) is 1. The van der Waals surface area contributed by atoms with Crippen LogP contribution in [0, 0.1) is 13.8 Å². The van der Waals surface area contributed by atoms with Gasteiger partial charge in [0.05, 0.1) is 6.10 Å². The maximum absolute atomic E-state index is 5.94. The van der Waals surface area contributed by atoms with Crippen molar-refractivity contribution in [1.29, 1.82) is 0 Å². The Morgan fingerprint density at radius 1 is 1.12 bits per heavy atom. The van der Waals surface area contributed by atoms with Gasteiger partial charge >= 0.3 is 0 Å². The Kier molecular flexibility index (Phi) is 6.82. The summed E-state index contributed by atoms with van der Waals surface area (Å²) in [5.74, 6) is 0.441. The number of hydrogen-bond donors (Lipinski definition) is 2. The molecule has 0 aliphatic rings. The normalized spacial score (nSPS) is 12.9. The Hall–Kier alpha value is -2.33. The lowest BCUT2D eigenvalue weighted by Gasteiger charge is -2.13. The van der Waals surface area contributed by atoms with E-state index in [2.05, 4.69) is 61.4 Å². The van der Waals surface area contributed by atoms with Gasteiger partial charge in [-0.25, -0.2) is 0 Å². The first-order valence-corrected chi connectivity index (χ1v) is 8.36. The van der Waals surface area contributed by atoms with Crippen LogP contribution in [0.3, 0.4) is 0 Å². The molecular formula is C20H27N3O. The van der Waals surface area contributed by atoms with Gasteiger partial charge < -0.3 is 15.8 Å². The van der Waals surface area contributed by atoms with Crippen molar-refractivity contribution in [2.75, 3.05) is 18.5 Å². The summed E-state index contributed by atoms with van der Waals surface area (Å²) in [6, 6.07) is 16.5. The van der Waals surface area contributed by atoms with E-state index in [4.69, 9.17) is 10.5 Å². The van der Waals surface area contributed by atoms with Crippen molar-refractivity contribution in [3.63, 3.8) is 0 Å². The van der Waals surface area contributed by atoms with Crippen LogP contribution in [0.25, 0.3) is 0 Å². The highest BCUT2D eigenvalue weighted by molar-refractivity contribution is 5.92. The first-order chi connectivity index (χ1) is 11.5. The van der Waals surface area contributed by atoms with Gasteiger partial charge in [-0.3, -0.25) is 4.99 Å². The summed E-state index contributed by atoms with van der Waals surface area (Å²) in [7, 11) is 0. The van der Waals surface area contributed by atoms with E-state index in [0.717, 1.165) is 12.1 Å². The van der Waals surface area contributed by atoms with E-state index in [-0.39, 0.29) is 6.10 Å². The fraction of sp³-hybridized carbons (Fsp3) is 0.350. The summed E-state index contributed by atoms with van der Waals surface area (Å²) in [4.78, 5) is 4.35. The SMILES string of the molecule is Cc1cc(C)cc(NC(N)=NCCCOC(C)c2ccccc2)c1. The molecule has 0 aliphatic carbocycles. The van der Waals surface area contributed by atoms with Crippen LogP contribution >= 0.6 is 0 Å². The van der Waals surface area contributed by atoms with E-state index >= 15 is 0 Å². The second kappa shape index (κ2) is 9.08. The molecular weight excluding hydrogens is 298 g/mol. The number of aryl methyl sites for hydroxylation is 2. The van der Waals surface area contributed by atoms with Gasteiger partial charge in [0.25, 0.3) is 0 Å². The third-order valence-electron chi connectivity index (χ3n) is 3.72. The third-order valence-corrected chi connectivity index (χ3v) is 3.72. The molecule has 1 atom stereocenters. The number of ether oxygens (including phenoxy) is 1. The summed E-state index contributed by atoms with van der Waals surface area (Å²) in [6.07, 6.45) is 0.938. The molecule has 0 radical (unpaired) electrons. The third kappa shape index (κ3) is 6.05. The fourth-order valence-corrected chi connectivity index (χ4v) is 2.58. The maximum atomic E-state index is 5.94. The summed E-state index contributed by atoms with van der Waals surface area (Å²) >= 11 is 0. The Morgan fingerprint density at radius 2 is 1.79 bits per heavy atom. The number of rotatable bonds is 7. The molecule has 1 unspecified atom stereocenters. The van der Waals surface area contributed by atoms with Gasteiger partial charge in [-0.1, -0.05) is 36.4 Å². The van der Waals surface area contributed by atoms with Crippen LogP contribution in [-0.4, -0.2) is 19.1 Å². The summed E-state index contributed by atoms with van der Waals surface area (Å²) in [6.45, 7) is 7.50. The standard InChI is InChI=1S/C20H27N3O/c1-15-12-16(2)14-19(13-15)23-20(21)22-10-7-11-24-17(3)18-8-5-4-6-9-18/h4-6,8-9,12-14,17H,7,10-11H2,1-3H3,(H3,21,22,23). The molecule has 0 spiro atoms. The van der Waals surface area contributed by atoms with Gasteiger partial charge in [-0.05, 0) is 56.0 Å². The molecule has 24 heavy (non-hydrogen) atoms. The van der Waals surface area contributed by atoms with Crippen molar-refractivity contribution in [3.05, 3.63) is 65.2 Å². The molecule has 0 bridgehead atoms. The maximum Gasteiger partial charge on any atom is 0.193 e. The Bertz CT molecular complexity index is 648. The molecule has 2 rings (SSSR count). The number of nitrogens with two attached hydrogens (primary N) is 1. The van der Waals surface area contributed by atoms with Crippen LogP contribution in [0.5, 0.6) is 0 Å². The summed E-state index contributed by atoms with van der Waals surface area (Å²) < 4.78 is 5.83. The highest BCUT2D eigenvalue weighted by atomic mass is 16.5. The van der Waals surface area contributed by atoms with Crippen molar-refractivity contribution in [1.82, 2.24) is 0 Å². The number of nitrogens with zero attached hydrogens (tertiary/aromatic N) is 1. The minimum atomic E-state index is 0.0981. The van der Waals surface area contributed by atoms with E-state index in [9.17, 15) is 0 Å². The Labute approximate surface area is 144 Å². The van der Waals surface area contributed by atoms with Crippen molar-refractivity contribution in [2.45, 2.75) is 33.3 Å². The van der Waals surface area contributed by atoms with E-state index in [1.807, 2.05) is 18.2 Å². The van der Waals surface area contributed by atoms with Gasteiger partial charge in [-0.2, -0.15) is 0 Å². The molecule has 0 aliphatic heterocycles. The van der Waals surface area contributed by atoms with E-state index < -0.39 is 0 Å². The van der Waals surface area contributed by atoms with Gasteiger partial charge in [-0.15, -0.1) is 0 Å². The number of aliphatic imine (C=N–C) groups is 1. The largest absolute Gasteiger partial charge is 0.374 e. The molecule has 0 aromatic heterocycles. The fourth-order valence-electron chi connectivity index (χ4n) is 2.58. The molecule has 0 amide bonds. The quantitative estimate of drug-likeness (QED) is 0.456. The molecule has 4 heteroatoms. The lowest BCUT2D eigenvalue weighted by atomic mass is 10.1. The van der Waals surface area contributed by atoms with Gasteiger partial charge in [0.1, 0.15) is 0 Å². The average molecular weight is 325 g/mol. The molecule has 0 saturated carbocycles. The Morgan fingerprint density at radius 3 is 2.46 bits per heavy atom. The van der Waals surface area contributed by atoms with Crippen LogP contribution in [0.15, 0.2) is 53.5 Å². The minimum Gasteiger partial charge on any atom is -0.374 e. The first-order valence-electron chi connectivity index (χ1n) is 8.36. The highest BCUT2D eigenvalue weighted by Gasteiger charge is 2.04. The van der Waals surface area contributed by atoms with Crippen LogP contribution in [0.2, 0.25) is 0 Å². The summed E-state index contributed by atoms with van der Waals surface area (Å²) in [5.41, 5.74) is 10.5. The molecule has 3 N–H and O–H groups in total. The number of hydrogen-bond acceptors (Lipinski definition) is 2. The van der Waals surface area contributed by atoms with Crippen LogP contribution < -0.4 is 11.1 Å². The van der Waals surface area contributed by atoms with Gasteiger partial charge in [0.2, 0.25) is 0 Å². The van der Waals surface area contributed by atoms with Crippen molar-refractivity contribution in [2.24, 2.45) is 10.7 Å². The molecule has 2 aromatic carbocycles. The predicted molar refractivity (Wildman–Crippen MR) is 101 cm³/mol. The lowest BCUT2D eigenvalue weighted by Crippen LogP contribution is -2.23. The highest BCUT2D eigenvalue weighted by Crippen LogP contribution is 2.16. The zero-order valence-electron chi connectivity index (χ0n) is 14.8. The van der Waals surface area contributed by atoms with Crippen LogP contribution in [-0.2, 0) is 4.74 Å². The monoisotopic (exact) mass is 325 g/mol. The zero-order chi connectivity index (χ0) is 17.4. The predicted octanol–water partition coefficient (Wildman–Crippen LogP) is 4.20. The van der Waals surface area contributed by atoms with Crippen molar-refractivity contribution in [3.8, 4) is 0 Å². The van der Waals surface area contributed by atoms with Crippen molar-refractivity contribution >= 4 is 11.6 Å². The lowest BCUT2D eigenvalue weighted by molar-refractivity contribution is 0.0652. The molecule has 0 heterocycles. The average Bonchev–Trinajstić information content (AvgIpc) is 2.54. The topological polar surface area (TPSA) is 59.6 Å². The summed E-state index contributed by atoms with van der Waals surface area (Å²) in [5, 5.41) is 3.14. The zero-order valence-corrected chi connectivity index (χ0v) is 14.8. The molecule has 0 saturated heterocycles. The molecule has 128 valence electrons. The second-order valence-electron chi connectivity index (χ2n) is 6.05. The van der Waals surface area contributed by atoms with E-state index in [1.165, 1.54) is 16.7 Å². The van der Waals surface area contributed by atoms with Gasteiger partial charge in [0.15, 0.2) is 5.96 Å². The van der Waals surface area contributed by atoms with Crippen LogP contribution in [0.4, 0.5) is 5.69 Å². The van der Waals surface area contributed by atoms with Gasteiger partial charge in [0, 0.05) is 18.8 Å². The number of guanidine groups is 1. The molecule has 4 nitrogen and oxygen atoms in total. The second-order valence-corrected chi connectivity index (χ2v) is 6.05. The molecule has 2 aromatic rings. The Balaban J connectivity index is 1.71. The molecule has 0 fully saturated rings. The minimum absolute atomic E-state index is 0.0981. The smallest absolute Gasteiger partial charge is 0.193 e. The number of anilines is 1. The first kappa shape index (κ1) is 18.0. The number of benzene rings is 2. The van der Waals surface area contributed by atoms with Crippen LogP contribution in [0.1, 0.15) is 36.1 Å². The van der Waals surface area contributed by atoms with Crippen molar-refractivity contribution < 1.29 is 4.74 Å². The van der Waals surface area contributed by atoms with E-state index in [0.29, 0.717) is 19.1 Å². The van der Waals surface area contributed by atoms with E-state index in [1.54, 1.807) is 0 Å².